The van der Waals surface area contributed by atoms with E-state index in [-0.39, 0.29) is 6.54 Å². The van der Waals surface area contributed by atoms with Crippen LogP contribution in [0.3, 0.4) is 0 Å². The number of carbonyl (C=O) groups excluding carboxylic acids is 2. The van der Waals surface area contributed by atoms with Gasteiger partial charge in [-0.1, -0.05) is 41.1 Å². The van der Waals surface area contributed by atoms with Crippen molar-refractivity contribution in [2.75, 3.05) is 0 Å². The Labute approximate surface area is 182 Å². The van der Waals surface area contributed by atoms with Crippen LogP contribution in [0.25, 0.3) is 11.0 Å². The van der Waals surface area contributed by atoms with E-state index in [2.05, 4.69) is 21.2 Å². The maximum Gasteiger partial charge on any atom is 0.269 e. The summed E-state index contributed by atoms with van der Waals surface area (Å²) in [5, 5.41) is 8.58. The average Bonchev–Trinajstić information content (AvgIpc) is 3.20. The molecule has 9 heteroatoms. The Morgan fingerprint density at radius 3 is 2.45 bits per heavy atom. The Morgan fingerprint density at radius 2 is 1.68 bits per heavy atom. The van der Waals surface area contributed by atoms with Gasteiger partial charge in [-0.2, -0.15) is 0 Å². The van der Waals surface area contributed by atoms with Gasteiger partial charge in [-0.15, -0.1) is 5.10 Å². The summed E-state index contributed by atoms with van der Waals surface area (Å²) in [4.78, 5) is 24.4. The number of hydrazine groups is 1. The zero-order valence-corrected chi connectivity index (χ0v) is 17.0. The van der Waals surface area contributed by atoms with E-state index >= 15 is 0 Å². The van der Waals surface area contributed by atoms with E-state index in [4.69, 9.17) is 16.3 Å². The summed E-state index contributed by atoms with van der Waals surface area (Å²) in [6, 6.07) is 21.3. The SMILES string of the molecule is O=C(Cn1nnc2ccccc21)NNC(=O)c1ccc(COc2ccc(Cl)cc2)cc1. The summed E-state index contributed by atoms with van der Waals surface area (Å²) in [7, 11) is 0. The quantitative estimate of drug-likeness (QED) is 0.453. The standard InChI is InChI=1S/C22H18ClN5O3/c23-17-9-11-18(12-10-17)31-14-15-5-7-16(8-6-15)22(30)26-25-21(29)13-28-20-4-2-1-3-19(20)24-27-28/h1-12H,13-14H2,(H,25,29)(H,26,30). The Kier molecular flexibility index (Phi) is 6.09. The molecule has 4 rings (SSSR count). The summed E-state index contributed by atoms with van der Waals surface area (Å²) < 4.78 is 7.14. The van der Waals surface area contributed by atoms with Crippen LogP contribution in [-0.4, -0.2) is 26.8 Å². The maximum absolute atomic E-state index is 12.3. The van der Waals surface area contributed by atoms with Gasteiger partial charge in [0.1, 0.15) is 24.4 Å². The van der Waals surface area contributed by atoms with Crippen LogP contribution in [0.2, 0.25) is 5.02 Å². The Bertz CT molecular complexity index is 1210. The number of para-hydroxylation sites is 1. The largest absolute Gasteiger partial charge is 0.489 e. The van der Waals surface area contributed by atoms with Crippen LogP contribution in [0.1, 0.15) is 15.9 Å². The summed E-state index contributed by atoms with van der Waals surface area (Å²) in [5.74, 6) is -0.145. The zero-order chi connectivity index (χ0) is 21.6. The maximum atomic E-state index is 12.3. The molecule has 2 N–H and O–H groups in total. The first-order chi connectivity index (χ1) is 15.1. The number of ether oxygens (including phenoxy) is 1. The topological polar surface area (TPSA) is 98.1 Å². The van der Waals surface area contributed by atoms with Gasteiger partial charge in [0.15, 0.2) is 0 Å². The third-order valence-electron chi connectivity index (χ3n) is 4.46. The van der Waals surface area contributed by atoms with Crippen LogP contribution in [0.5, 0.6) is 5.75 Å². The monoisotopic (exact) mass is 435 g/mol. The average molecular weight is 436 g/mol. The fourth-order valence-electron chi connectivity index (χ4n) is 2.86. The molecule has 0 saturated heterocycles. The summed E-state index contributed by atoms with van der Waals surface area (Å²) >= 11 is 5.85. The summed E-state index contributed by atoms with van der Waals surface area (Å²) in [6.45, 7) is 0.286. The lowest BCUT2D eigenvalue weighted by atomic mass is 10.1. The molecule has 8 nitrogen and oxygen atoms in total. The number of amides is 2. The van der Waals surface area contributed by atoms with Gasteiger partial charge >= 0.3 is 0 Å². The molecule has 2 amide bonds. The van der Waals surface area contributed by atoms with Crippen molar-refractivity contribution in [1.29, 1.82) is 0 Å². The van der Waals surface area contributed by atoms with Crippen LogP contribution in [0.4, 0.5) is 0 Å². The lowest BCUT2D eigenvalue weighted by molar-refractivity contribution is -0.122. The number of nitrogens with one attached hydrogen (secondary N) is 2. The summed E-state index contributed by atoms with van der Waals surface area (Å²) in [6.07, 6.45) is 0. The van der Waals surface area contributed by atoms with Gasteiger partial charge in [0.25, 0.3) is 11.8 Å². The third kappa shape index (κ3) is 5.18. The van der Waals surface area contributed by atoms with E-state index in [9.17, 15) is 9.59 Å². The lowest BCUT2D eigenvalue weighted by Crippen LogP contribution is -2.43. The number of nitrogens with zero attached hydrogens (tertiary/aromatic N) is 3. The van der Waals surface area contributed by atoms with Gasteiger partial charge in [0.2, 0.25) is 0 Å². The van der Waals surface area contributed by atoms with E-state index in [1.807, 2.05) is 24.3 Å². The Morgan fingerprint density at radius 1 is 0.935 bits per heavy atom. The highest BCUT2D eigenvalue weighted by Crippen LogP contribution is 2.17. The molecular formula is C22H18ClN5O3. The molecule has 0 atom stereocenters. The second kappa shape index (κ2) is 9.27. The molecule has 0 aliphatic heterocycles. The molecule has 0 saturated carbocycles. The predicted molar refractivity (Wildman–Crippen MR) is 115 cm³/mol. The molecule has 0 spiro atoms. The fraction of sp³-hybridized carbons (Fsp3) is 0.0909. The molecule has 1 aromatic heterocycles. The van der Waals surface area contributed by atoms with Crippen molar-refractivity contribution in [3.63, 3.8) is 0 Å². The number of hydrogen-bond acceptors (Lipinski definition) is 5. The predicted octanol–water partition coefficient (Wildman–Crippen LogP) is 3.12. The molecule has 0 radical (unpaired) electrons. The molecule has 156 valence electrons. The van der Waals surface area contributed by atoms with Crippen molar-refractivity contribution in [2.24, 2.45) is 0 Å². The van der Waals surface area contributed by atoms with Gasteiger partial charge in [-0.05, 0) is 54.1 Å². The van der Waals surface area contributed by atoms with Crippen molar-refractivity contribution in [2.45, 2.75) is 13.2 Å². The molecule has 1 heterocycles. The minimum atomic E-state index is -0.429. The Hall–Kier alpha value is -3.91. The number of halogens is 1. The third-order valence-corrected chi connectivity index (χ3v) is 4.72. The highest BCUT2D eigenvalue weighted by Gasteiger charge is 2.11. The number of fused-ring (bicyclic) bond motifs is 1. The zero-order valence-electron chi connectivity index (χ0n) is 16.3. The minimum absolute atomic E-state index is 0.0677. The highest BCUT2D eigenvalue weighted by molar-refractivity contribution is 6.30. The summed E-state index contributed by atoms with van der Waals surface area (Å²) in [5.41, 5.74) is 7.52. The first kappa shape index (κ1) is 20.4. The van der Waals surface area contributed by atoms with E-state index in [0.717, 1.165) is 11.1 Å². The van der Waals surface area contributed by atoms with Crippen molar-refractivity contribution in [1.82, 2.24) is 25.8 Å². The van der Waals surface area contributed by atoms with E-state index in [1.54, 1.807) is 48.5 Å². The number of carbonyl (C=O) groups is 2. The van der Waals surface area contributed by atoms with Crippen molar-refractivity contribution >= 4 is 34.4 Å². The van der Waals surface area contributed by atoms with Gasteiger partial charge in [-0.3, -0.25) is 20.4 Å². The van der Waals surface area contributed by atoms with Crippen molar-refractivity contribution < 1.29 is 14.3 Å². The van der Waals surface area contributed by atoms with Crippen LogP contribution >= 0.6 is 11.6 Å². The Balaban J connectivity index is 1.27. The number of hydrogen-bond donors (Lipinski definition) is 2. The molecule has 0 aliphatic rings. The van der Waals surface area contributed by atoms with E-state index < -0.39 is 11.8 Å². The molecule has 0 fully saturated rings. The number of rotatable bonds is 6. The highest BCUT2D eigenvalue weighted by atomic mass is 35.5. The molecule has 0 bridgehead atoms. The van der Waals surface area contributed by atoms with Crippen LogP contribution in [-0.2, 0) is 17.9 Å². The molecule has 0 unspecified atom stereocenters. The minimum Gasteiger partial charge on any atom is -0.489 e. The first-order valence-electron chi connectivity index (χ1n) is 9.43. The molecule has 4 aromatic rings. The molecule has 31 heavy (non-hydrogen) atoms. The number of aromatic nitrogens is 3. The van der Waals surface area contributed by atoms with Crippen molar-refractivity contribution in [3.8, 4) is 5.75 Å². The molecule has 3 aromatic carbocycles. The molecule has 0 aliphatic carbocycles. The van der Waals surface area contributed by atoms with Crippen LogP contribution < -0.4 is 15.6 Å². The smallest absolute Gasteiger partial charge is 0.269 e. The van der Waals surface area contributed by atoms with Crippen LogP contribution in [0, 0.1) is 0 Å². The van der Waals surface area contributed by atoms with Gasteiger partial charge in [0.05, 0.1) is 5.52 Å². The second-order valence-corrected chi connectivity index (χ2v) is 7.11. The second-order valence-electron chi connectivity index (χ2n) is 6.68. The fourth-order valence-corrected chi connectivity index (χ4v) is 2.98. The number of benzene rings is 3. The normalized spacial score (nSPS) is 10.6. The lowest BCUT2D eigenvalue weighted by Gasteiger charge is -2.09. The molecular weight excluding hydrogens is 418 g/mol. The van der Waals surface area contributed by atoms with Crippen molar-refractivity contribution in [3.05, 3.63) is 88.9 Å². The van der Waals surface area contributed by atoms with Gasteiger partial charge < -0.3 is 4.74 Å². The van der Waals surface area contributed by atoms with E-state index in [0.29, 0.717) is 28.5 Å². The van der Waals surface area contributed by atoms with E-state index in [1.165, 1.54) is 4.68 Å². The first-order valence-corrected chi connectivity index (χ1v) is 9.81. The van der Waals surface area contributed by atoms with Crippen LogP contribution in [0.15, 0.2) is 72.8 Å². The van der Waals surface area contributed by atoms with Gasteiger partial charge in [-0.25, -0.2) is 4.68 Å². The van der Waals surface area contributed by atoms with Gasteiger partial charge in [0, 0.05) is 10.6 Å².